The first-order chi connectivity index (χ1) is 9.75. The van der Waals surface area contributed by atoms with E-state index < -0.39 is 0 Å². The maximum absolute atomic E-state index is 11.6. The molecule has 0 saturated heterocycles. The van der Waals surface area contributed by atoms with E-state index in [-0.39, 0.29) is 12.5 Å². The normalized spacial score (nSPS) is 11.2. The Balaban J connectivity index is 1.72. The summed E-state index contributed by atoms with van der Waals surface area (Å²) in [6.07, 6.45) is 0. The zero-order valence-electron chi connectivity index (χ0n) is 11.2. The van der Waals surface area contributed by atoms with Gasteiger partial charge in [0.25, 0.3) is 5.91 Å². The number of hydrogen-bond donors (Lipinski definition) is 1. The third-order valence-electron chi connectivity index (χ3n) is 2.61. The molecule has 20 heavy (non-hydrogen) atoms. The highest BCUT2D eigenvalue weighted by Crippen LogP contribution is 2.09. The second-order valence-electron chi connectivity index (χ2n) is 4.19. The zero-order chi connectivity index (χ0) is 14.2. The molecule has 2 rings (SSSR count). The Morgan fingerprint density at radius 1 is 1.25 bits per heavy atom. The molecule has 0 atom stereocenters. The molecule has 0 fully saturated rings. The van der Waals surface area contributed by atoms with Crippen LogP contribution in [0.2, 0.25) is 0 Å². The lowest BCUT2D eigenvalue weighted by Gasteiger charge is -2.04. The quantitative estimate of drug-likeness (QED) is 0.656. The highest BCUT2D eigenvalue weighted by Gasteiger charge is 2.02. The van der Waals surface area contributed by atoms with Crippen molar-refractivity contribution in [3.05, 3.63) is 58.3 Å². The van der Waals surface area contributed by atoms with E-state index in [4.69, 9.17) is 4.84 Å². The van der Waals surface area contributed by atoms with Gasteiger partial charge in [-0.3, -0.25) is 4.79 Å². The molecule has 0 saturated carbocycles. The Kier molecular flexibility index (Phi) is 5.32. The molecule has 0 aliphatic heterocycles. The van der Waals surface area contributed by atoms with Gasteiger partial charge in [0.05, 0.1) is 10.6 Å². The Morgan fingerprint density at radius 3 is 2.75 bits per heavy atom. The Hall–Kier alpha value is -2.14. The van der Waals surface area contributed by atoms with Crippen LogP contribution in [-0.4, -0.2) is 18.2 Å². The Labute approximate surface area is 122 Å². The minimum atomic E-state index is -0.184. The second kappa shape index (κ2) is 7.45. The molecule has 1 heterocycles. The van der Waals surface area contributed by atoms with Crippen LogP contribution in [0.1, 0.15) is 17.4 Å². The molecular weight excluding hydrogens is 272 g/mol. The van der Waals surface area contributed by atoms with Crippen molar-refractivity contribution in [3.63, 3.8) is 0 Å². The van der Waals surface area contributed by atoms with Crippen LogP contribution < -0.4 is 5.32 Å². The predicted octanol–water partition coefficient (Wildman–Crippen LogP) is 2.81. The van der Waals surface area contributed by atoms with Crippen molar-refractivity contribution in [2.75, 3.05) is 6.61 Å². The van der Waals surface area contributed by atoms with Gasteiger partial charge in [0, 0.05) is 6.54 Å². The van der Waals surface area contributed by atoms with E-state index >= 15 is 0 Å². The zero-order valence-corrected chi connectivity index (χ0v) is 12.0. The van der Waals surface area contributed by atoms with E-state index in [2.05, 4.69) is 10.5 Å². The first kappa shape index (κ1) is 14.3. The lowest BCUT2D eigenvalue weighted by Crippen LogP contribution is -2.26. The summed E-state index contributed by atoms with van der Waals surface area (Å²) in [5.41, 5.74) is 1.83. The molecule has 1 N–H and O–H groups in total. The van der Waals surface area contributed by atoms with Gasteiger partial charge in [-0.2, -0.15) is 0 Å². The number of benzene rings is 1. The van der Waals surface area contributed by atoms with Crippen molar-refractivity contribution in [2.24, 2.45) is 5.16 Å². The molecule has 0 spiro atoms. The first-order valence-corrected chi connectivity index (χ1v) is 7.15. The van der Waals surface area contributed by atoms with E-state index in [0.29, 0.717) is 6.54 Å². The Bertz CT molecular complexity index is 565. The number of hydrogen-bond acceptors (Lipinski definition) is 4. The molecule has 104 valence electrons. The van der Waals surface area contributed by atoms with E-state index in [9.17, 15) is 4.79 Å². The van der Waals surface area contributed by atoms with Gasteiger partial charge in [-0.05, 0) is 23.9 Å². The minimum absolute atomic E-state index is 0.0739. The summed E-state index contributed by atoms with van der Waals surface area (Å²) >= 11 is 1.59. The molecule has 4 nitrogen and oxygen atoms in total. The number of amides is 1. The summed E-state index contributed by atoms with van der Waals surface area (Å²) in [7, 11) is 0. The van der Waals surface area contributed by atoms with Crippen LogP contribution in [0.5, 0.6) is 0 Å². The van der Waals surface area contributed by atoms with Crippen molar-refractivity contribution in [3.8, 4) is 0 Å². The van der Waals surface area contributed by atoms with Gasteiger partial charge in [0.15, 0.2) is 6.61 Å². The van der Waals surface area contributed by atoms with E-state index in [1.165, 1.54) is 0 Å². The van der Waals surface area contributed by atoms with Crippen molar-refractivity contribution in [1.82, 2.24) is 5.32 Å². The lowest BCUT2D eigenvalue weighted by atomic mass is 10.2. The van der Waals surface area contributed by atoms with Crippen LogP contribution in [0.15, 0.2) is 53.0 Å². The molecule has 1 aromatic carbocycles. The number of nitrogens with one attached hydrogen (secondary N) is 1. The van der Waals surface area contributed by atoms with Gasteiger partial charge in [0.1, 0.15) is 0 Å². The van der Waals surface area contributed by atoms with Crippen LogP contribution >= 0.6 is 11.3 Å². The lowest BCUT2D eigenvalue weighted by molar-refractivity contribution is -0.125. The van der Waals surface area contributed by atoms with E-state index in [0.717, 1.165) is 16.2 Å². The predicted molar refractivity (Wildman–Crippen MR) is 80.8 cm³/mol. The van der Waals surface area contributed by atoms with Crippen LogP contribution in [0.3, 0.4) is 0 Å². The van der Waals surface area contributed by atoms with Crippen molar-refractivity contribution < 1.29 is 9.63 Å². The minimum Gasteiger partial charge on any atom is -0.385 e. The van der Waals surface area contributed by atoms with Crippen LogP contribution in [0.4, 0.5) is 0 Å². The van der Waals surface area contributed by atoms with Gasteiger partial charge >= 0.3 is 0 Å². The smallest absolute Gasteiger partial charge is 0.261 e. The highest BCUT2D eigenvalue weighted by molar-refractivity contribution is 7.12. The summed E-state index contributed by atoms with van der Waals surface area (Å²) in [5.74, 6) is -0.184. The van der Waals surface area contributed by atoms with Gasteiger partial charge < -0.3 is 10.2 Å². The molecule has 5 heteroatoms. The molecule has 0 bridgehead atoms. The standard InChI is InChI=1S/C15H16N2O2S/c1-12(14-8-5-9-20-14)17-19-11-15(18)16-10-13-6-3-2-4-7-13/h2-9H,10-11H2,1H3,(H,16,18)/b17-12+. The first-order valence-electron chi connectivity index (χ1n) is 6.27. The van der Waals surface area contributed by atoms with E-state index in [1.54, 1.807) is 11.3 Å². The Morgan fingerprint density at radius 2 is 2.05 bits per heavy atom. The SMILES string of the molecule is C/C(=N\OCC(=O)NCc1ccccc1)c1cccs1. The number of carbonyl (C=O) groups excluding carboxylic acids is 1. The summed E-state index contributed by atoms with van der Waals surface area (Å²) in [6, 6.07) is 13.6. The molecule has 0 aliphatic rings. The van der Waals surface area contributed by atoms with Crippen LogP contribution in [0.25, 0.3) is 0 Å². The van der Waals surface area contributed by atoms with Crippen molar-refractivity contribution in [1.29, 1.82) is 0 Å². The maximum atomic E-state index is 11.6. The van der Waals surface area contributed by atoms with Gasteiger partial charge in [-0.15, -0.1) is 11.3 Å². The van der Waals surface area contributed by atoms with Crippen LogP contribution in [0, 0.1) is 0 Å². The molecule has 0 aliphatic carbocycles. The topological polar surface area (TPSA) is 50.7 Å². The molecule has 1 aromatic heterocycles. The fraction of sp³-hybridized carbons (Fsp3) is 0.200. The van der Waals surface area contributed by atoms with Gasteiger partial charge in [-0.25, -0.2) is 0 Å². The van der Waals surface area contributed by atoms with Crippen LogP contribution in [-0.2, 0) is 16.2 Å². The summed E-state index contributed by atoms with van der Waals surface area (Å²) in [6.45, 7) is 2.28. The summed E-state index contributed by atoms with van der Waals surface area (Å²) < 4.78 is 0. The fourth-order valence-electron chi connectivity index (χ4n) is 1.56. The largest absolute Gasteiger partial charge is 0.385 e. The number of thiophene rings is 1. The average molecular weight is 288 g/mol. The summed E-state index contributed by atoms with van der Waals surface area (Å²) in [4.78, 5) is 17.7. The number of nitrogens with zero attached hydrogens (tertiary/aromatic N) is 1. The molecule has 1 amide bonds. The van der Waals surface area contributed by atoms with E-state index in [1.807, 2.05) is 54.8 Å². The summed E-state index contributed by atoms with van der Waals surface area (Å²) in [5, 5.41) is 8.68. The second-order valence-corrected chi connectivity index (χ2v) is 5.14. The number of oxime groups is 1. The monoisotopic (exact) mass is 288 g/mol. The fourth-order valence-corrected chi connectivity index (χ4v) is 2.23. The third-order valence-corrected chi connectivity index (χ3v) is 3.59. The molecule has 0 radical (unpaired) electrons. The third kappa shape index (κ3) is 4.51. The molecule has 0 unspecified atom stereocenters. The van der Waals surface area contributed by atoms with Crippen molar-refractivity contribution in [2.45, 2.75) is 13.5 Å². The average Bonchev–Trinajstić information content (AvgIpc) is 3.00. The van der Waals surface area contributed by atoms with Crippen molar-refractivity contribution >= 4 is 23.0 Å². The van der Waals surface area contributed by atoms with Gasteiger partial charge in [-0.1, -0.05) is 41.6 Å². The number of carbonyl (C=O) groups is 1. The molecule has 2 aromatic rings. The number of rotatable bonds is 6. The highest BCUT2D eigenvalue weighted by atomic mass is 32.1. The maximum Gasteiger partial charge on any atom is 0.261 e. The molecular formula is C15H16N2O2S. The van der Waals surface area contributed by atoms with Gasteiger partial charge in [0.2, 0.25) is 0 Å².